The zero-order valence-electron chi connectivity index (χ0n) is 8.33. The number of nitrogens with two attached hydrogens (primary N) is 1. The first-order valence-electron chi connectivity index (χ1n) is 4.62. The molecule has 0 radical (unpaired) electrons. The van der Waals surface area contributed by atoms with Gasteiger partial charge in [0, 0.05) is 6.92 Å². The fourth-order valence-electron chi connectivity index (χ4n) is 1.55. The molecule has 0 saturated carbocycles. The van der Waals surface area contributed by atoms with E-state index in [0.29, 0.717) is 0 Å². The molecule has 1 aliphatic rings. The molecule has 6 N–H and O–H groups in total. The summed E-state index contributed by atoms with van der Waals surface area (Å²) in [6.07, 6.45) is -4.41. The lowest BCUT2D eigenvalue weighted by molar-refractivity contribution is -0.193. The van der Waals surface area contributed by atoms with E-state index in [-0.39, 0.29) is 5.91 Å². The number of nitrogens with one attached hydrogen (secondary N) is 1. The number of ether oxygens (including phenoxy) is 1. The van der Waals surface area contributed by atoms with Gasteiger partial charge in [0.05, 0.1) is 12.6 Å². The summed E-state index contributed by atoms with van der Waals surface area (Å²) in [5.74, 6) is -0.382. The SMILES string of the molecule is CC(=O)N[C@H]1[C@@H](O)[C@@H](O)[C@@H](CO)O[C@H]1N. The molecule has 0 aromatic rings. The van der Waals surface area contributed by atoms with Crippen LogP contribution in [0.15, 0.2) is 0 Å². The van der Waals surface area contributed by atoms with Crippen LogP contribution in [0.1, 0.15) is 6.92 Å². The zero-order valence-corrected chi connectivity index (χ0v) is 8.33. The van der Waals surface area contributed by atoms with E-state index in [1.54, 1.807) is 0 Å². The van der Waals surface area contributed by atoms with Gasteiger partial charge in [-0.3, -0.25) is 4.79 Å². The van der Waals surface area contributed by atoms with Crippen LogP contribution < -0.4 is 11.1 Å². The lowest BCUT2D eigenvalue weighted by Gasteiger charge is -2.40. The first kappa shape index (κ1) is 12.3. The minimum atomic E-state index is -1.27. The Morgan fingerprint density at radius 1 is 1.47 bits per heavy atom. The molecule has 1 aliphatic heterocycles. The second-order valence-corrected chi connectivity index (χ2v) is 3.53. The van der Waals surface area contributed by atoms with Crippen LogP contribution in [0.3, 0.4) is 0 Å². The smallest absolute Gasteiger partial charge is 0.217 e. The molecule has 0 aliphatic carbocycles. The fourth-order valence-corrected chi connectivity index (χ4v) is 1.55. The normalized spacial score (nSPS) is 41.3. The average Bonchev–Trinajstić information content (AvgIpc) is 2.18. The minimum absolute atomic E-state index is 0.382. The molecule has 7 heteroatoms. The number of aliphatic hydroxyl groups excluding tert-OH is 3. The third kappa shape index (κ3) is 2.64. The second kappa shape index (κ2) is 4.86. The first-order valence-corrected chi connectivity index (χ1v) is 4.62. The number of carbonyl (C=O) groups is 1. The zero-order chi connectivity index (χ0) is 11.6. The number of aliphatic hydroxyl groups is 3. The van der Waals surface area contributed by atoms with Gasteiger partial charge in [-0.25, -0.2) is 0 Å². The van der Waals surface area contributed by atoms with Crippen LogP contribution in [-0.2, 0) is 9.53 Å². The molecule has 0 bridgehead atoms. The van der Waals surface area contributed by atoms with Gasteiger partial charge >= 0.3 is 0 Å². The van der Waals surface area contributed by atoms with Crippen molar-refractivity contribution in [2.24, 2.45) is 5.73 Å². The molecule has 0 spiro atoms. The molecule has 7 nitrogen and oxygen atoms in total. The molecule has 1 fully saturated rings. The van der Waals surface area contributed by atoms with Crippen molar-refractivity contribution < 1.29 is 24.9 Å². The van der Waals surface area contributed by atoms with Crippen molar-refractivity contribution in [2.75, 3.05) is 6.61 Å². The van der Waals surface area contributed by atoms with Crippen molar-refractivity contribution in [3.8, 4) is 0 Å². The summed E-state index contributed by atoms with van der Waals surface area (Å²) in [6.45, 7) is 0.822. The Morgan fingerprint density at radius 3 is 2.53 bits per heavy atom. The van der Waals surface area contributed by atoms with Crippen molar-refractivity contribution >= 4 is 5.91 Å². The summed E-state index contributed by atoms with van der Waals surface area (Å²) in [5, 5.41) is 30.3. The quantitative estimate of drug-likeness (QED) is 0.335. The monoisotopic (exact) mass is 220 g/mol. The van der Waals surface area contributed by atoms with Gasteiger partial charge in [-0.2, -0.15) is 0 Å². The molecule has 0 aromatic carbocycles. The van der Waals surface area contributed by atoms with E-state index >= 15 is 0 Å². The van der Waals surface area contributed by atoms with Crippen LogP contribution in [0, 0.1) is 0 Å². The van der Waals surface area contributed by atoms with Gasteiger partial charge in [-0.1, -0.05) is 0 Å². The Balaban J connectivity index is 2.70. The van der Waals surface area contributed by atoms with Crippen LogP contribution in [0.25, 0.3) is 0 Å². The van der Waals surface area contributed by atoms with Gasteiger partial charge in [0.1, 0.15) is 24.5 Å². The summed E-state index contributed by atoms with van der Waals surface area (Å²) < 4.78 is 5.03. The Hall–Kier alpha value is -0.730. The maximum atomic E-state index is 10.8. The summed E-state index contributed by atoms with van der Waals surface area (Å²) in [7, 11) is 0. The van der Waals surface area contributed by atoms with Crippen LogP contribution in [-0.4, -0.2) is 58.4 Å². The average molecular weight is 220 g/mol. The predicted molar refractivity (Wildman–Crippen MR) is 49.6 cm³/mol. The van der Waals surface area contributed by atoms with Crippen LogP contribution in [0.4, 0.5) is 0 Å². The number of rotatable bonds is 2. The van der Waals surface area contributed by atoms with Gasteiger partial charge in [0.2, 0.25) is 5.91 Å². The highest BCUT2D eigenvalue weighted by Gasteiger charge is 2.42. The predicted octanol–water partition coefficient (Wildman–Crippen LogP) is -3.11. The Kier molecular flexibility index (Phi) is 4.00. The third-order valence-corrected chi connectivity index (χ3v) is 2.33. The highest BCUT2D eigenvalue weighted by atomic mass is 16.5. The largest absolute Gasteiger partial charge is 0.394 e. The molecular formula is C8H16N2O5. The topological polar surface area (TPSA) is 125 Å². The van der Waals surface area contributed by atoms with E-state index in [4.69, 9.17) is 15.6 Å². The number of hydrogen-bond acceptors (Lipinski definition) is 6. The van der Waals surface area contributed by atoms with E-state index in [1.165, 1.54) is 6.92 Å². The maximum absolute atomic E-state index is 10.8. The van der Waals surface area contributed by atoms with E-state index in [9.17, 15) is 15.0 Å². The van der Waals surface area contributed by atoms with E-state index < -0.39 is 37.2 Å². The molecule has 5 atom stereocenters. The lowest BCUT2D eigenvalue weighted by Crippen LogP contribution is -2.66. The van der Waals surface area contributed by atoms with Gasteiger partial charge in [0.15, 0.2) is 0 Å². The maximum Gasteiger partial charge on any atom is 0.217 e. The van der Waals surface area contributed by atoms with Crippen molar-refractivity contribution in [3.05, 3.63) is 0 Å². The summed E-state index contributed by atoms with van der Waals surface area (Å²) in [5.41, 5.74) is 5.53. The van der Waals surface area contributed by atoms with Gasteiger partial charge in [-0.15, -0.1) is 0 Å². The van der Waals surface area contributed by atoms with Crippen LogP contribution >= 0.6 is 0 Å². The van der Waals surface area contributed by atoms with Crippen molar-refractivity contribution in [3.63, 3.8) is 0 Å². The molecule has 0 unspecified atom stereocenters. The molecule has 1 saturated heterocycles. The number of hydrogen-bond donors (Lipinski definition) is 5. The molecule has 15 heavy (non-hydrogen) atoms. The molecule has 1 rings (SSSR count). The van der Waals surface area contributed by atoms with E-state index in [1.807, 2.05) is 0 Å². The van der Waals surface area contributed by atoms with Crippen molar-refractivity contribution in [1.29, 1.82) is 0 Å². The van der Waals surface area contributed by atoms with Crippen LogP contribution in [0.2, 0.25) is 0 Å². The van der Waals surface area contributed by atoms with Crippen molar-refractivity contribution in [1.82, 2.24) is 5.32 Å². The Labute approximate surface area is 86.8 Å². The summed E-state index contributed by atoms with van der Waals surface area (Å²) in [4.78, 5) is 10.8. The second-order valence-electron chi connectivity index (χ2n) is 3.53. The third-order valence-electron chi connectivity index (χ3n) is 2.33. The lowest BCUT2D eigenvalue weighted by atomic mass is 9.96. The molecule has 88 valence electrons. The summed E-state index contributed by atoms with van der Waals surface area (Å²) in [6, 6.07) is -0.875. The molecular weight excluding hydrogens is 204 g/mol. The number of carbonyl (C=O) groups excluding carboxylic acids is 1. The molecule has 0 aromatic heterocycles. The first-order chi connectivity index (χ1) is 6.97. The van der Waals surface area contributed by atoms with Crippen LogP contribution in [0.5, 0.6) is 0 Å². The fraction of sp³-hybridized carbons (Fsp3) is 0.875. The standard InChI is InChI=1S/C8H16N2O5/c1-3(12)10-5-7(14)6(13)4(2-11)15-8(5)9/h4-8,11,13-14H,2,9H2,1H3,(H,10,12)/t4-,5+,6+,7-,8-/m1/s1. The van der Waals surface area contributed by atoms with Gasteiger partial charge < -0.3 is 31.1 Å². The minimum Gasteiger partial charge on any atom is -0.394 e. The van der Waals surface area contributed by atoms with Crippen molar-refractivity contribution in [2.45, 2.75) is 37.5 Å². The van der Waals surface area contributed by atoms with Gasteiger partial charge in [-0.05, 0) is 0 Å². The van der Waals surface area contributed by atoms with E-state index in [0.717, 1.165) is 0 Å². The Morgan fingerprint density at radius 2 is 2.07 bits per heavy atom. The highest BCUT2D eigenvalue weighted by molar-refractivity contribution is 5.73. The Bertz CT molecular complexity index is 237. The van der Waals surface area contributed by atoms with Gasteiger partial charge in [0.25, 0.3) is 0 Å². The van der Waals surface area contributed by atoms with E-state index in [2.05, 4.69) is 5.32 Å². The number of amides is 1. The summed E-state index contributed by atoms with van der Waals surface area (Å²) >= 11 is 0. The molecule has 1 heterocycles. The highest BCUT2D eigenvalue weighted by Crippen LogP contribution is 2.18. The molecule has 1 amide bonds.